The fraction of sp³-hybridized carbons (Fsp3) is 0.333. The highest BCUT2D eigenvalue weighted by Gasteiger charge is 2.31. The van der Waals surface area contributed by atoms with Crippen LogP contribution in [-0.4, -0.2) is 11.5 Å². The van der Waals surface area contributed by atoms with Crippen LogP contribution in [0.15, 0.2) is 12.1 Å². The predicted octanol–water partition coefficient (Wildman–Crippen LogP) is 1.47. The molecule has 6 heteroatoms. The molecule has 0 saturated heterocycles. The van der Waals surface area contributed by atoms with Gasteiger partial charge < -0.3 is 5.73 Å². The van der Waals surface area contributed by atoms with Crippen LogP contribution in [-0.2, 0) is 12.6 Å². The number of nitrogens with two attached hydrogens (primary N) is 1. The van der Waals surface area contributed by atoms with E-state index in [9.17, 15) is 13.2 Å². The summed E-state index contributed by atoms with van der Waals surface area (Å²) in [5, 5.41) is 8.51. The van der Waals surface area contributed by atoms with E-state index in [-0.39, 0.29) is 24.4 Å². The Morgan fingerprint density at radius 1 is 1.40 bits per heavy atom. The van der Waals surface area contributed by atoms with Crippen molar-refractivity contribution in [3.63, 3.8) is 0 Å². The molecule has 0 spiro atoms. The molecule has 15 heavy (non-hydrogen) atoms. The van der Waals surface area contributed by atoms with Crippen LogP contribution in [0.4, 0.5) is 13.2 Å². The lowest BCUT2D eigenvalue weighted by atomic mass is 10.1. The number of rotatable bonds is 2. The molecule has 80 valence electrons. The third-order valence-corrected chi connectivity index (χ3v) is 1.72. The Bertz CT molecular complexity index is 393. The topological polar surface area (TPSA) is 62.7 Å². The third-order valence-electron chi connectivity index (χ3n) is 1.72. The first kappa shape index (κ1) is 11.5. The van der Waals surface area contributed by atoms with Crippen LogP contribution < -0.4 is 5.73 Å². The number of halogens is 3. The zero-order valence-electron chi connectivity index (χ0n) is 7.67. The molecule has 2 N–H and O–H groups in total. The molecule has 0 unspecified atom stereocenters. The van der Waals surface area contributed by atoms with E-state index in [2.05, 4.69) is 4.98 Å². The van der Waals surface area contributed by atoms with Crippen molar-refractivity contribution in [2.45, 2.75) is 12.6 Å². The van der Waals surface area contributed by atoms with Crippen molar-refractivity contribution in [2.24, 2.45) is 5.73 Å². The van der Waals surface area contributed by atoms with Crippen LogP contribution in [0.25, 0.3) is 0 Å². The lowest BCUT2D eigenvalue weighted by Crippen LogP contribution is -2.10. The molecule has 0 saturated carbocycles. The average molecular weight is 215 g/mol. The molecule has 0 atom stereocenters. The molecule has 0 aliphatic rings. The van der Waals surface area contributed by atoms with Gasteiger partial charge in [-0.1, -0.05) is 0 Å². The van der Waals surface area contributed by atoms with E-state index in [1.165, 1.54) is 0 Å². The van der Waals surface area contributed by atoms with Crippen LogP contribution in [0, 0.1) is 11.3 Å². The predicted molar refractivity (Wildman–Crippen MR) is 46.7 cm³/mol. The van der Waals surface area contributed by atoms with Crippen molar-refractivity contribution in [3.8, 4) is 6.07 Å². The van der Waals surface area contributed by atoms with Gasteiger partial charge in [-0.3, -0.25) is 0 Å². The van der Waals surface area contributed by atoms with Crippen LogP contribution in [0.5, 0.6) is 0 Å². The molecular weight excluding hydrogens is 207 g/mol. The molecule has 0 aliphatic carbocycles. The summed E-state index contributed by atoms with van der Waals surface area (Å²) in [6, 6.07) is 3.22. The SMILES string of the molecule is N#Cc1cc(C(F)(F)F)cc(CCN)n1. The second-order valence-corrected chi connectivity index (χ2v) is 2.88. The van der Waals surface area contributed by atoms with Crippen LogP contribution in [0.1, 0.15) is 17.0 Å². The van der Waals surface area contributed by atoms with Gasteiger partial charge in [-0.05, 0) is 18.7 Å². The van der Waals surface area contributed by atoms with E-state index in [1.54, 1.807) is 6.07 Å². The molecule has 0 fully saturated rings. The summed E-state index contributed by atoms with van der Waals surface area (Å²) < 4.78 is 37.1. The zero-order valence-corrected chi connectivity index (χ0v) is 7.67. The Balaban J connectivity index is 3.19. The van der Waals surface area contributed by atoms with Gasteiger partial charge in [-0.25, -0.2) is 4.98 Å². The minimum Gasteiger partial charge on any atom is -0.330 e. The highest BCUT2D eigenvalue weighted by molar-refractivity contribution is 5.30. The minimum atomic E-state index is -4.46. The van der Waals surface area contributed by atoms with E-state index in [0.29, 0.717) is 0 Å². The highest BCUT2D eigenvalue weighted by Crippen LogP contribution is 2.29. The third kappa shape index (κ3) is 2.92. The standard InChI is InChI=1S/C9H8F3N3/c10-9(11,12)6-3-7(1-2-13)15-8(4-6)5-14/h3-4H,1-2,13H2. The molecule has 1 heterocycles. The second kappa shape index (κ2) is 4.28. The zero-order chi connectivity index (χ0) is 11.5. The summed E-state index contributed by atoms with van der Waals surface area (Å²) in [5.41, 5.74) is 4.29. The van der Waals surface area contributed by atoms with Gasteiger partial charge in [0.15, 0.2) is 0 Å². The van der Waals surface area contributed by atoms with E-state index >= 15 is 0 Å². The van der Waals surface area contributed by atoms with Crippen LogP contribution >= 0.6 is 0 Å². The molecule has 0 amide bonds. The van der Waals surface area contributed by atoms with Crippen molar-refractivity contribution < 1.29 is 13.2 Å². The Hall–Kier alpha value is -1.61. The number of hydrogen-bond acceptors (Lipinski definition) is 3. The monoisotopic (exact) mass is 215 g/mol. The number of nitrogens with zero attached hydrogens (tertiary/aromatic N) is 2. The van der Waals surface area contributed by atoms with Crippen molar-refractivity contribution in [2.75, 3.05) is 6.54 Å². The van der Waals surface area contributed by atoms with Crippen molar-refractivity contribution in [1.82, 2.24) is 4.98 Å². The van der Waals surface area contributed by atoms with Gasteiger partial charge in [0, 0.05) is 12.1 Å². The average Bonchev–Trinajstić information content (AvgIpc) is 2.16. The van der Waals surface area contributed by atoms with Crippen molar-refractivity contribution >= 4 is 0 Å². The Morgan fingerprint density at radius 2 is 2.07 bits per heavy atom. The smallest absolute Gasteiger partial charge is 0.330 e. The molecular formula is C9H8F3N3. The van der Waals surface area contributed by atoms with E-state index < -0.39 is 11.7 Å². The summed E-state index contributed by atoms with van der Waals surface area (Å²) in [6.07, 6.45) is -4.24. The van der Waals surface area contributed by atoms with Gasteiger partial charge in [0.2, 0.25) is 0 Å². The summed E-state index contributed by atoms with van der Waals surface area (Å²) >= 11 is 0. The van der Waals surface area contributed by atoms with Crippen LogP contribution in [0.2, 0.25) is 0 Å². The first-order chi connectivity index (χ1) is 6.97. The molecule has 1 rings (SSSR count). The fourth-order valence-electron chi connectivity index (χ4n) is 1.08. The van der Waals surface area contributed by atoms with Gasteiger partial charge in [0.1, 0.15) is 11.8 Å². The van der Waals surface area contributed by atoms with Gasteiger partial charge in [0.05, 0.1) is 5.56 Å². The first-order valence-corrected chi connectivity index (χ1v) is 4.15. The summed E-state index contributed by atoms with van der Waals surface area (Å²) in [4.78, 5) is 3.71. The Labute approximate surface area is 84.3 Å². The molecule has 0 radical (unpaired) electrons. The van der Waals surface area contributed by atoms with E-state index in [0.717, 1.165) is 12.1 Å². The summed E-state index contributed by atoms with van der Waals surface area (Å²) in [7, 11) is 0. The van der Waals surface area contributed by atoms with Gasteiger partial charge in [-0.2, -0.15) is 18.4 Å². The first-order valence-electron chi connectivity index (χ1n) is 4.15. The molecule has 3 nitrogen and oxygen atoms in total. The lowest BCUT2D eigenvalue weighted by Gasteiger charge is -2.08. The molecule has 1 aromatic rings. The van der Waals surface area contributed by atoms with Gasteiger partial charge in [0.25, 0.3) is 0 Å². The summed E-state index contributed by atoms with van der Waals surface area (Å²) in [5.74, 6) is 0. The maximum atomic E-state index is 12.4. The Morgan fingerprint density at radius 3 is 2.53 bits per heavy atom. The molecule has 0 aliphatic heterocycles. The number of aromatic nitrogens is 1. The normalized spacial score (nSPS) is 11.1. The fourth-order valence-corrected chi connectivity index (χ4v) is 1.08. The number of pyridine rings is 1. The number of nitriles is 1. The van der Waals surface area contributed by atoms with Crippen molar-refractivity contribution in [3.05, 3.63) is 29.1 Å². The maximum Gasteiger partial charge on any atom is 0.416 e. The largest absolute Gasteiger partial charge is 0.416 e. The minimum absolute atomic E-state index is 0.184. The quantitative estimate of drug-likeness (QED) is 0.812. The molecule has 0 bridgehead atoms. The Kier molecular flexibility index (Phi) is 3.27. The number of alkyl halides is 3. The molecule has 1 aromatic heterocycles. The lowest BCUT2D eigenvalue weighted by molar-refractivity contribution is -0.137. The second-order valence-electron chi connectivity index (χ2n) is 2.88. The van der Waals surface area contributed by atoms with Crippen LogP contribution in [0.3, 0.4) is 0 Å². The molecule has 0 aromatic carbocycles. The van der Waals surface area contributed by atoms with E-state index in [1.807, 2.05) is 0 Å². The van der Waals surface area contributed by atoms with E-state index in [4.69, 9.17) is 11.0 Å². The summed E-state index contributed by atoms with van der Waals surface area (Å²) in [6.45, 7) is 0.194. The number of hydrogen-bond donors (Lipinski definition) is 1. The highest BCUT2D eigenvalue weighted by atomic mass is 19.4. The maximum absolute atomic E-state index is 12.4. The van der Waals surface area contributed by atoms with Gasteiger partial charge in [-0.15, -0.1) is 0 Å². The van der Waals surface area contributed by atoms with Gasteiger partial charge >= 0.3 is 6.18 Å². The van der Waals surface area contributed by atoms with Crippen molar-refractivity contribution in [1.29, 1.82) is 5.26 Å².